The van der Waals surface area contributed by atoms with Crippen molar-refractivity contribution in [2.24, 2.45) is 5.41 Å². The van der Waals surface area contributed by atoms with Gasteiger partial charge < -0.3 is 10.0 Å². The molecule has 3 aromatic rings. The number of halogens is 1. The van der Waals surface area contributed by atoms with Crippen LogP contribution in [-0.4, -0.2) is 58.3 Å². The number of nitrogens with zero attached hydrogens (tertiary/aromatic N) is 4. The van der Waals surface area contributed by atoms with E-state index >= 15 is 0 Å². The predicted molar refractivity (Wildman–Crippen MR) is 143 cm³/mol. The average Bonchev–Trinajstić information content (AvgIpc) is 2.84. The van der Waals surface area contributed by atoms with Gasteiger partial charge in [0, 0.05) is 50.9 Å². The molecule has 0 unspecified atom stereocenters. The number of aromatic nitrogens is 2. The first kappa shape index (κ1) is 24.8. The second-order valence-corrected chi connectivity index (χ2v) is 11.3. The van der Waals surface area contributed by atoms with Crippen molar-refractivity contribution in [3.05, 3.63) is 77.5 Å². The van der Waals surface area contributed by atoms with Crippen LogP contribution in [0.4, 0.5) is 10.2 Å². The lowest BCUT2D eigenvalue weighted by Gasteiger charge is -2.55. The highest BCUT2D eigenvalue weighted by molar-refractivity contribution is 5.71. The molecule has 0 amide bonds. The summed E-state index contributed by atoms with van der Waals surface area (Å²) in [4.78, 5) is 13.8. The summed E-state index contributed by atoms with van der Waals surface area (Å²) < 4.78 is 14.4. The zero-order valence-electron chi connectivity index (χ0n) is 21.7. The summed E-state index contributed by atoms with van der Waals surface area (Å²) in [6.45, 7) is 10.7. The lowest BCUT2D eigenvalue weighted by atomic mass is 9.71. The van der Waals surface area contributed by atoms with Gasteiger partial charge in [0.05, 0.1) is 5.60 Å². The van der Waals surface area contributed by atoms with E-state index in [9.17, 15) is 9.50 Å². The molecule has 0 bridgehead atoms. The van der Waals surface area contributed by atoms with Crippen molar-refractivity contribution in [3.8, 4) is 11.1 Å². The van der Waals surface area contributed by atoms with Crippen LogP contribution in [0.2, 0.25) is 0 Å². The third-order valence-electron chi connectivity index (χ3n) is 7.76. The maximum absolute atomic E-state index is 14.4. The number of hydrogen-bond donors (Lipinski definition) is 1. The molecule has 2 fully saturated rings. The number of aliphatic hydroxyl groups is 1. The molecule has 36 heavy (non-hydrogen) atoms. The summed E-state index contributed by atoms with van der Waals surface area (Å²) >= 11 is 0. The van der Waals surface area contributed by atoms with Gasteiger partial charge in [-0.15, -0.1) is 0 Å². The van der Waals surface area contributed by atoms with Gasteiger partial charge in [0.15, 0.2) is 0 Å². The van der Waals surface area contributed by atoms with E-state index in [2.05, 4.69) is 33.8 Å². The van der Waals surface area contributed by atoms with Crippen molar-refractivity contribution >= 4 is 5.82 Å². The van der Waals surface area contributed by atoms with Crippen molar-refractivity contribution in [3.63, 3.8) is 0 Å². The zero-order valence-corrected chi connectivity index (χ0v) is 21.7. The van der Waals surface area contributed by atoms with E-state index < -0.39 is 5.60 Å². The standard InChI is InChI=1S/C30H37FN4O/c1-4-22-7-5-6-8-26(22)27-16-25(31)10-9-23(27)15-24-17-32-21-33-28(24)35-13-11-30(12-14-35)19-34(20-30)18-29(2,3)36/h5-10,16-17,21,36H,4,11-15,18-20H2,1-3H3. The van der Waals surface area contributed by atoms with E-state index in [0.717, 1.165) is 80.1 Å². The number of piperidine rings is 1. The molecule has 0 atom stereocenters. The first-order chi connectivity index (χ1) is 17.3. The maximum Gasteiger partial charge on any atom is 0.135 e. The Morgan fingerprint density at radius 1 is 1.00 bits per heavy atom. The van der Waals surface area contributed by atoms with Gasteiger partial charge in [-0.1, -0.05) is 37.3 Å². The number of likely N-dealkylation sites (tertiary alicyclic amines) is 1. The van der Waals surface area contributed by atoms with E-state index in [4.69, 9.17) is 4.98 Å². The maximum atomic E-state index is 14.4. The van der Waals surface area contributed by atoms with E-state index in [1.54, 1.807) is 18.5 Å². The highest BCUT2D eigenvalue weighted by atomic mass is 19.1. The fraction of sp³-hybridized carbons (Fsp3) is 0.467. The van der Waals surface area contributed by atoms with Gasteiger partial charge in [-0.25, -0.2) is 14.4 Å². The molecule has 1 spiro atoms. The summed E-state index contributed by atoms with van der Waals surface area (Å²) in [5.41, 5.74) is 5.14. The quantitative estimate of drug-likeness (QED) is 0.501. The molecule has 0 aliphatic carbocycles. The Morgan fingerprint density at radius 2 is 1.75 bits per heavy atom. The van der Waals surface area contributed by atoms with Crippen LogP contribution in [0.25, 0.3) is 11.1 Å². The second-order valence-electron chi connectivity index (χ2n) is 11.3. The molecule has 5 rings (SSSR count). The molecule has 0 radical (unpaired) electrons. The number of rotatable bonds is 7. The number of hydrogen-bond acceptors (Lipinski definition) is 5. The van der Waals surface area contributed by atoms with Crippen molar-refractivity contribution in [1.29, 1.82) is 0 Å². The number of β-amino-alcohol motifs (C(OH)–C–C–N with tert-alkyl or cyclic N) is 1. The molecule has 2 aromatic carbocycles. The lowest BCUT2D eigenvalue weighted by Crippen LogP contribution is -2.62. The number of anilines is 1. The smallest absolute Gasteiger partial charge is 0.135 e. The summed E-state index contributed by atoms with van der Waals surface area (Å²) in [5.74, 6) is 0.774. The average molecular weight is 489 g/mol. The Labute approximate surface area is 214 Å². The predicted octanol–water partition coefficient (Wildman–Crippen LogP) is 5.11. The van der Waals surface area contributed by atoms with Gasteiger partial charge in [-0.2, -0.15) is 0 Å². The van der Waals surface area contributed by atoms with Crippen LogP contribution in [-0.2, 0) is 12.8 Å². The van der Waals surface area contributed by atoms with Gasteiger partial charge >= 0.3 is 0 Å². The third-order valence-corrected chi connectivity index (χ3v) is 7.76. The Hall–Kier alpha value is -2.83. The topological polar surface area (TPSA) is 52.5 Å². The van der Waals surface area contributed by atoms with Crippen LogP contribution in [0.5, 0.6) is 0 Å². The molecule has 3 heterocycles. The highest BCUT2D eigenvalue weighted by Crippen LogP contribution is 2.42. The minimum Gasteiger partial charge on any atom is -0.389 e. The molecule has 6 heteroatoms. The fourth-order valence-electron chi connectivity index (χ4n) is 6.08. The molecule has 2 aliphatic rings. The number of aryl methyl sites for hydroxylation is 1. The van der Waals surface area contributed by atoms with E-state index in [1.165, 1.54) is 5.56 Å². The SMILES string of the molecule is CCc1ccccc1-c1cc(F)ccc1Cc1cncnc1N1CCC2(CC1)CN(CC(C)(C)O)C2. The van der Waals surface area contributed by atoms with Gasteiger partial charge in [-0.3, -0.25) is 4.90 Å². The van der Waals surface area contributed by atoms with Crippen molar-refractivity contribution < 1.29 is 9.50 Å². The van der Waals surface area contributed by atoms with Gasteiger partial charge in [-0.05, 0) is 72.9 Å². The van der Waals surface area contributed by atoms with E-state index in [-0.39, 0.29) is 5.82 Å². The largest absolute Gasteiger partial charge is 0.389 e. The van der Waals surface area contributed by atoms with Gasteiger partial charge in [0.1, 0.15) is 18.0 Å². The van der Waals surface area contributed by atoms with Gasteiger partial charge in [0.25, 0.3) is 0 Å². The Kier molecular flexibility index (Phi) is 6.84. The van der Waals surface area contributed by atoms with Crippen LogP contribution in [0, 0.1) is 11.2 Å². The normalized spacial score (nSPS) is 17.9. The summed E-state index contributed by atoms with van der Waals surface area (Å²) in [5, 5.41) is 10.1. The number of benzene rings is 2. The first-order valence-electron chi connectivity index (χ1n) is 13.1. The summed E-state index contributed by atoms with van der Waals surface area (Å²) in [6, 6.07) is 13.4. The fourth-order valence-corrected chi connectivity index (χ4v) is 6.08. The lowest BCUT2D eigenvalue weighted by molar-refractivity contribution is -0.0643. The molecule has 190 valence electrons. The molecule has 1 N–H and O–H groups in total. The highest BCUT2D eigenvalue weighted by Gasteiger charge is 2.45. The zero-order chi connectivity index (χ0) is 25.3. The van der Waals surface area contributed by atoms with Crippen LogP contribution < -0.4 is 4.90 Å². The summed E-state index contributed by atoms with van der Waals surface area (Å²) in [6.07, 6.45) is 7.37. The van der Waals surface area contributed by atoms with Crippen LogP contribution in [0.3, 0.4) is 0 Å². The van der Waals surface area contributed by atoms with Crippen LogP contribution >= 0.6 is 0 Å². The van der Waals surface area contributed by atoms with E-state index in [1.807, 2.05) is 38.2 Å². The molecular weight excluding hydrogens is 451 g/mol. The van der Waals surface area contributed by atoms with Crippen molar-refractivity contribution in [2.45, 2.75) is 52.1 Å². The molecule has 2 saturated heterocycles. The molecule has 1 aromatic heterocycles. The monoisotopic (exact) mass is 488 g/mol. The molecule has 2 aliphatic heterocycles. The van der Waals surface area contributed by atoms with Crippen molar-refractivity contribution in [2.75, 3.05) is 37.6 Å². The Balaban J connectivity index is 1.34. The molecular formula is C30H37FN4O. The Morgan fingerprint density at radius 3 is 2.47 bits per heavy atom. The summed E-state index contributed by atoms with van der Waals surface area (Å²) in [7, 11) is 0. The first-order valence-corrected chi connectivity index (χ1v) is 13.1. The minimum atomic E-state index is -0.644. The minimum absolute atomic E-state index is 0.218. The van der Waals surface area contributed by atoms with E-state index in [0.29, 0.717) is 11.8 Å². The second kappa shape index (κ2) is 9.91. The van der Waals surface area contributed by atoms with Crippen LogP contribution in [0.15, 0.2) is 55.0 Å². The van der Waals surface area contributed by atoms with Crippen molar-refractivity contribution in [1.82, 2.24) is 14.9 Å². The van der Waals surface area contributed by atoms with Crippen LogP contribution in [0.1, 0.15) is 50.3 Å². The third kappa shape index (κ3) is 5.30. The Bertz CT molecular complexity index is 1210. The molecule has 5 nitrogen and oxygen atoms in total. The van der Waals surface area contributed by atoms with Gasteiger partial charge in [0.2, 0.25) is 0 Å². The molecule has 0 saturated carbocycles.